The van der Waals surface area contributed by atoms with E-state index in [1.807, 2.05) is 19.0 Å². The van der Waals surface area contributed by atoms with Crippen molar-refractivity contribution >= 4 is 16.9 Å². The predicted octanol–water partition coefficient (Wildman–Crippen LogP) is 1.87. The van der Waals surface area contributed by atoms with Gasteiger partial charge in [-0.1, -0.05) is 0 Å². The molecule has 2 aromatic rings. The molecule has 0 saturated carbocycles. The van der Waals surface area contributed by atoms with Gasteiger partial charge in [-0.25, -0.2) is 4.98 Å². The molecule has 0 bridgehead atoms. The molecule has 0 aliphatic rings. The number of nitrogens with one attached hydrogen (secondary N) is 2. The lowest BCUT2D eigenvalue weighted by Gasteiger charge is -2.10. The van der Waals surface area contributed by atoms with Gasteiger partial charge in [0.05, 0.1) is 11.0 Å². The molecule has 21 heavy (non-hydrogen) atoms. The normalized spacial score (nSPS) is 12.1. The molecule has 0 radical (unpaired) electrons. The minimum absolute atomic E-state index is 0.173. The number of fused-ring (bicyclic) bond motifs is 1. The van der Waals surface area contributed by atoms with Crippen molar-refractivity contribution in [3.63, 3.8) is 0 Å². The minimum atomic E-state index is -4.53. The molecule has 0 fully saturated rings. The van der Waals surface area contributed by atoms with Crippen molar-refractivity contribution in [2.75, 3.05) is 27.2 Å². The molecule has 1 aromatic carbocycles. The number of carbonyl (C=O) groups excluding carboxylic acids is 1. The molecule has 2 N–H and O–H groups in total. The Morgan fingerprint density at radius 1 is 1.38 bits per heavy atom. The van der Waals surface area contributed by atoms with E-state index < -0.39 is 12.0 Å². The van der Waals surface area contributed by atoms with Gasteiger partial charge in [0, 0.05) is 18.7 Å². The number of halogens is 3. The highest BCUT2D eigenvalue weighted by molar-refractivity contribution is 5.97. The van der Waals surface area contributed by atoms with Crippen molar-refractivity contribution < 1.29 is 18.0 Å². The first-order chi connectivity index (χ1) is 9.77. The molecule has 1 amide bonds. The SMILES string of the molecule is CN(C)CCNC(=O)c1ccc2nc(C(F)(F)F)[nH]c2c1. The molecule has 2 rings (SSSR count). The quantitative estimate of drug-likeness (QED) is 0.906. The minimum Gasteiger partial charge on any atom is -0.351 e. The molecule has 1 aromatic heterocycles. The Labute approximate surface area is 119 Å². The van der Waals surface area contributed by atoms with Gasteiger partial charge in [-0.15, -0.1) is 0 Å². The molecular weight excluding hydrogens is 285 g/mol. The van der Waals surface area contributed by atoms with Crippen LogP contribution in [0.1, 0.15) is 16.2 Å². The number of amides is 1. The summed E-state index contributed by atoms with van der Waals surface area (Å²) in [5.74, 6) is -1.40. The summed E-state index contributed by atoms with van der Waals surface area (Å²) in [6.45, 7) is 1.14. The van der Waals surface area contributed by atoms with Crippen LogP contribution in [0, 0.1) is 0 Å². The summed E-state index contributed by atoms with van der Waals surface area (Å²) in [4.78, 5) is 19.4. The highest BCUT2D eigenvalue weighted by Crippen LogP contribution is 2.28. The van der Waals surface area contributed by atoms with E-state index in [0.717, 1.165) is 0 Å². The highest BCUT2D eigenvalue weighted by atomic mass is 19.4. The summed E-state index contributed by atoms with van der Waals surface area (Å²) in [7, 11) is 3.75. The maximum atomic E-state index is 12.5. The summed E-state index contributed by atoms with van der Waals surface area (Å²) >= 11 is 0. The first-order valence-corrected chi connectivity index (χ1v) is 6.27. The van der Waals surface area contributed by atoms with Crippen molar-refractivity contribution in [3.05, 3.63) is 29.6 Å². The zero-order valence-corrected chi connectivity index (χ0v) is 11.6. The Bertz CT molecular complexity index is 648. The van der Waals surface area contributed by atoms with Crippen molar-refractivity contribution in [2.45, 2.75) is 6.18 Å². The van der Waals surface area contributed by atoms with Gasteiger partial charge < -0.3 is 15.2 Å². The molecule has 0 saturated heterocycles. The van der Waals surface area contributed by atoms with Gasteiger partial charge in [0.25, 0.3) is 5.91 Å². The second kappa shape index (κ2) is 5.72. The molecule has 8 heteroatoms. The molecule has 114 valence electrons. The summed E-state index contributed by atoms with van der Waals surface area (Å²) in [6, 6.07) is 4.21. The van der Waals surface area contributed by atoms with Crippen LogP contribution in [0.2, 0.25) is 0 Å². The zero-order valence-electron chi connectivity index (χ0n) is 11.6. The van der Waals surface area contributed by atoms with E-state index in [0.29, 0.717) is 18.7 Å². The van der Waals surface area contributed by atoms with Crippen LogP contribution < -0.4 is 5.32 Å². The molecule has 0 aliphatic heterocycles. The molecule has 5 nitrogen and oxygen atoms in total. The molecule has 1 heterocycles. The van der Waals surface area contributed by atoms with Crippen molar-refractivity contribution in [2.24, 2.45) is 0 Å². The van der Waals surface area contributed by atoms with E-state index in [1.54, 1.807) is 0 Å². The number of aromatic amines is 1. The average Bonchev–Trinajstić information content (AvgIpc) is 2.80. The van der Waals surface area contributed by atoms with Gasteiger partial charge in [-0.3, -0.25) is 4.79 Å². The number of carbonyl (C=O) groups is 1. The van der Waals surface area contributed by atoms with E-state index >= 15 is 0 Å². The van der Waals surface area contributed by atoms with Crippen molar-refractivity contribution in [1.29, 1.82) is 0 Å². The van der Waals surface area contributed by atoms with Gasteiger partial charge in [0.15, 0.2) is 0 Å². The maximum absolute atomic E-state index is 12.5. The van der Waals surface area contributed by atoms with Crippen LogP contribution in [0.3, 0.4) is 0 Å². The number of aromatic nitrogens is 2. The van der Waals surface area contributed by atoms with Crippen LogP contribution in [0.15, 0.2) is 18.2 Å². The van der Waals surface area contributed by atoms with E-state index in [9.17, 15) is 18.0 Å². The first-order valence-electron chi connectivity index (χ1n) is 6.27. The summed E-state index contributed by atoms with van der Waals surface area (Å²) in [6.07, 6.45) is -4.53. The number of nitrogens with zero attached hydrogens (tertiary/aromatic N) is 2. The zero-order chi connectivity index (χ0) is 15.6. The third-order valence-electron chi connectivity index (χ3n) is 2.86. The Kier molecular flexibility index (Phi) is 4.17. The van der Waals surface area contributed by atoms with Gasteiger partial charge in [0.1, 0.15) is 0 Å². The standard InChI is InChI=1S/C13H15F3N4O/c1-20(2)6-5-17-11(21)8-3-4-9-10(7-8)19-12(18-9)13(14,15)16/h3-4,7H,5-6H2,1-2H3,(H,17,21)(H,18,19). The first kappa shape index (κ1) is 15.3. The monoisotopic (exact) mass is 300 g/mol. The number of alkyl halides is 3. The number of hydrogen-bond donors (Lipinski definition) is 2. The third kappa shape index (κ3) is 3.72. The van der Waals surface area contributed by atoms with Gasteiger partial charge in [-0.2, -0.15) is 13.2 Å². The number of imidazole rings is 1. The van der Waals surface area contributed by atoms with Gasteiger partial charge in [0.2, 0.25) is 5.82 Å². The smallest absolute Gasteiger partial charge is 0.351 e. The molecule has 0 unspecified atom stereocenters. The third-order valence-corrected chi connectivity index (χ3v) is 2.86. The highest BCUT2D eigenvalue weighted by Gasteiger charge is 2.34. The Balaban J connectivity index is 2.16. The van der Waals surface area contributed by atoms with E-state index in [2.05, 4.69) is 15.3 Å². The Morgan fingerprint density at radius 3 is 2.71 bits per heavy atom. The number of H-pyrrole nitrogens is 1. The topological polar surface area (TPSA) is 61.0 Å². The predicted molar refractivity (Wildman–Crippen MR) is 72.0 cm³/mol. The Hall–Kier alpha value is -2.09. The van der Waals surface area contributed by atoms with Crippen LogP contribution >= 0.6 is 0 Å². The van der Waals surface area contributed by atoms with Gasteiger partial charge >= 0.3 is 6.18 Å². The van der Waals surface area contributed by atoms with Crippen molar-refractivity contribution in [1.82, 2.24) is 20.2 Å². The Morgan fingerprint density at radius 2 is 2.10 bits per heavy atom. The average molecular weight is 300 g/mol. The van der Waals surface area contributed by atoms with Crippen LogP contribution in [-0.4, -0.2) is 48.0 Å². The lowest BCUT2D eigenvalue weighted by Crippen LogP contribution is -2.31. The molecule has 0 aliphatic carbocycles. The second-order valence-corrected chi connectivity index (χ2v) is 4.87. The summed E-state index contributed by atoms with van der Waals surface area (Å²) in [5.41, 5.74) is 0.647. The summed E-state index contributed by atoms with van der Waals surface area (Å²) in [5, 5.41) is 2.69. The van der Waals surface area contributed by atoms with Crippen LogP contribution in [0.25, 0.3) is 11.0 Å². The number of likely N-dealkylation sites (N-methyl/N-ethyl adjacent to an activating group) is 1. The fraction of sp³-hybridized carbons (Fsp3) is 0.385. The fourth-order valence-corrected chi connectivity index (χ4v) is 1.78. The molecular formula is C13H15F3N4O. The maximum Gasteiger partial charge on any atom is 0.449 e. The number of rotatable bonds is 4. The molecule has 0 spiro atoms. The molecule has 0 atom stereocenters. The second-order valence-electron chi connectivity index (χ2n) is 4.87. The van der Waals surface area contributed by atoms with E-state index in [-0.39, 0.29) is 16.9 Å². The van der Waals surface area contributed by atoms with Crippen LogP contribution in [-0.2, 0) is 6.18 Å². The van der Waals surface area contributed by atoms with E-state index in [4.69, 9.17) is 0 Å². The van der Waals surface area contributed by atoms with Crippen LogP contribution in [0.5, 0.6) is 0 Å². The number of hydrogen-bond acceptors (Lipinski definition) is 3. The fourth-order valence-electron chi connectivity index (χ4n) is 1.78. The van der Waals surface area contributed by atoms with Gasteiger partial charge in [-0.05, 0) is 32.3 Å². The van der Waals surface area contributed by atoms with Crippen molar-refractivity contribution in [3.8, 4) is 0 Å². The largest absolute Gasteiger partial charge is 0.449 e. The lowest BCUT2D eigenvalue weighted by atomic mass is 10.2. The number of benzene rings is 1. The van der Waals surface area contributed by atoms with Crippen LogP contribution in [0.4, 0.5) is 13.2 Å². The summed E-state index contributed by atoms with van der Waals surface area (Å²) < 4.78 is 37.6. The van der Waals surface area contributed by atoms with E-state index in [1.165, 1.54) is 18.2 Å². The lowest BCUT2D eigenvalue weighted by molar-refractivity contribution is -0.144.